The highest BCUT2D eigenvalue weighted by Crippen LogP contribution is 1.88. The minimum absolute atomic E-state index is 0.884. The third kappa shape index (κ3) is 2.94. The Balaban J connectivity index is 4.60. The molecule has 58 valence electrons. The SMILES string of the molecule is CN(C)C(=S=C=O)N(C)C. The molecular weight excluding hydrogens is 148 g/mol. The summed E-state index contributed by atoms with van der Waals surface area (Å²) in [5, 5.41) is 2.66. The van der Waals surface area contributed by atoms with Gasteiger partial charge >= 0.3 is 0 Å². The van der Waals surface area contributed by atoms with E-state index in [2.05, 4.69) is 0 Å². The van der Waals surface area contributed by atoms with Crippen molar-refractivity contribution in [1.82, 2.24) is 9.80 Å². The minimum Gasteiger partial charge on any atom is -0.262 e. The monoisotopic (exact) mass is 160 g/mol. The summed E-state index contributed by atoms with van der Waals surface area (Å²) < 4.78 is 0. The Morgan fingerprint density at radius 1 is 1.20 bits per heavy atom. The number of hydrogen-bond acceptors (Lipinski definition) is 1. The van der Waals surface area contributed by atoms with Crippen LogP contribution in [0.1, 0.15) is 0 Å². The Labute approximate surface area is 64.8 Å². The lowest BCUT2D eigenvalue weighted by Gasteiger charge is -2.17. The molecule has 0 atom stereocenters. The van der Waals surface area contributed by atoms with Gasteiger partial charge in [0.15, 0.2) is 5.23 Å². The van der Waals surface area contributed by atoms with Crippen LogP contribution in [0.3, 0.4) is 0 Å². The maximum atomic E-state index is 9.99. The Hall–Kier alpha value is -0.410. The van der Waals surface area contributed by atoms with Gasteiger partial charge in [0.05, 0.1) is 0 Å². The molecule has 0 rings (SSSR count). The molecule has 3 nitrogen and oxygen atoms in total. The zero-order chi connectivity index (χ0) is 8.15. The molecule has 0 N–H and O–H groups in total. The Morgan fingerprint density at radius 3 is 1.70 bits per heavy atom. The summed E-state index contributed by atoms with van der Waals surface area (Å²) >= 11 is 0. The highest BCUT2D eigenvalue weighted by Gasteiger charge is 2.00. The number of rotatable bonds is 0. The third-order valence-corrected chi connectivity index (χ3v) is 1.89. The van der Waals surface area contributed by atoms with Crippen molar-refractivity contribution in [2.75, 3.05) is 28.2 Å². The fraction of sp³-hybridized carbons (Fsp3) is 0.667. The van der Waals surface area contributed by atoms with Crippen LogP contribution in [0.2, 0.25) is 0 Å². The lowest BCUT2D eigenvalue weighted by molar-refractivity contribution is 0.501. The second-order valence-electron chi connectivity index (χ2n) is 2.26. The molecule has 0 spiro atoms. The molecule has 0 saturated heterocycles. The smallest absolute Gasteiger partial charge is 0.193 e. The molecule has 0 heterocycles. The van der Waals surface area contributed by atoms with Gasteiger partial charge in [-0.05, 0) is 39.1 Å². The highest BCUT2D eigenvalue weighted by atomic mass is 32.1. The molecule has 4 heteroatoms. The van der Waals surface area contributed by atoms with Gasteiger partial charge in [-0.3, -0.25) is 9.80 Å². The average Bonchev–Trinajstić information content (AvgIpc) is 1.81. The van der Waals surface area contributed by atoms with Gasteiger partial charge in [0, 0.05) is 0 Å². The molecule has 0 saturated carbocycles. The first kappa shape index (κ1) is 9.59. The van der Waals surface area contributed by atoms with Crippen molar-refractivity contribution in [2.45, 2.75) is 0 Å². The van der Waals surface area contributed by atoms with Crippen LogP contribution in [0.25, 0.3) is 0 Å². The van der Waals surface area contributed by atoms with Gasteiger partial charge < -0.3 is 0 Å². The number of carbonyl (C=O) groups excluding carboxylic acids is 1. The first-order chi connectivity index (χ1) is 4.59. The predicted octanol–water partition coefficient (Wildman–Crippen LogP) is -0.00260. The van der Waals surface area contributed by atoms with Gasteiger partial charge in [0.25, 0.3) is 0 Å². The fourth-order valence-corrected chi connectivity index (χ4v) is 1.06. The van der Waals surface area contributed by atoms with Crippen LogP contribution >= 0.6 is 10.9 Å². The Morgan fingerprint density at radius 2 is 1.60 bits per heavy atom. The quantitative estimate of drug-likeness (QED) is 0.466. The van der Waals surface area contributed by atoms with Crippen molar-refractivity contribution in [3.8, 4) is 0 Å². The third-order valence-electron chi connectivity index (χ3n) is 0.898. The standard InChI is InChI=1S/C6H12N2OS/c1-7(2)6(8(3)4)10-5-9/h1-4H3. The zero-order valence-electron chi connectivity index (χ0n) is 6.71. The average molecular weight is 160 g/mol. The Bertz CT molecular complexity index is 178. The molecule has 10 heavy (non-hydrogen) atoms. The van der Waals surface area contributed by atoms with Crippen LogP contribution in [0.4, 0.5) is 0 Å². The maximum Gasteiger partial charge on any atom is 0.193 e. The Kier molecular flexibility index (Phi) is 4.23. The molecule has 0 aromatic carbocycles. The molecule has 0 fully saturated rings. The first-order valence-electron chi connectivity index (χ1n) is 2.85. The molecule has 0 aliphatic carbocycles. The van der Waals surface area contributed by atoms with Crippen molar-refractivity contribution >= 4 is 21.3 Å². The van der Waals surface area contributed by atoms with Crippen LogP contribution < -0.4 is 0 Å². The van der Waals surface area contributed by atoms with Gasteiger partial charge in [-0.2, -0.15) is 0 Å². The van der Waals surface area contributed by atoms with E-state index < -0.39 is 0 Å². The van der Waals surface area contributed by atoms with Crippen molar-refractivity contribution in [1.29, 1.82) is 0 Å². The second kappa shape index (κ2) is 4.41. The van der Waals surface area contributed by atoms with E-state index in [0.717, 1.165) is 16.1 Å². The van der Waals surface area contributed by atoms with Crippen molar-refractivity contribution in [3.63, 3.8) is 0 Å². The number of nitrogens with zero attached hydrogens (tertiary/aromatic N) is 2. The molecule has 0 aromatic heterocycles. The van der Waals surface area contributed by atoms with E-state index in [4.69, 9.17) is 0 Å². The van der Waals surface area contributed by atoms with E-state index in [9.17, 15) is 4.79 Å². The van der Waals surface area contributed by atoms with Gasteiger partial charge in [-0.15, -0.1) is 0 Å². The summed E-state index contributed by atoms with van der Waals surface area (Å²) in [6.45, 7) is 0. The van der Waals surface area contributed by atoms with E-state index in [-0.39, 0.29) is 0 Å². The number of hydrogen-bond donors (Lipinski definition) is 0. The summed E-state index contributed by atoms with van der Waals surface area (Å²) in [4.78, 5) is 13.7. The van der Waals surface area contributed by atoms with Gasteiger partial charge in [0.2, 0.25) is 0 Å². The first-order valence-corrected chi connectivity index (χ1v) is 3.66. The zero-order valence-corrected chi connectivity index (χ0v) is 7.53. The molecule has 0 amide bonds. The normalized spacial score (nSPS) is 9.80. The molecule has 0 aromatic rings. The van der Waals surface area contributed by atoms with Crippen molar-refractivity contribution in [2.24, 2.45) is 0 Å². The molecular formula is C6H12N2OS. The predicted molar refractivity (Wildman–Crippen MR) is 45.7 cm³/mol. The van der Waals surface area contributed by atoms with E-state index in [1.165, 1.54) is 0 Å². The van der Waals surface area contributed by atoms with Crippen LogP contribution in [-0.4, -0.2) is 48.3 Å². The largest absolute Gasteiger partial charge is 0.262 e. The summed E-state index contributed by atoms with van der Waals surface area (Å²) in [6, 6.07) is 0. The van der Waals surface area contributed by atoms with Gasteiger partial charge in [-0.1, -0.05) is 0 Å². The van der Waals surface area contributed by atoms with E-state index >= 15 is 0 Å². The fourth-order valence-electron chi connectivity index (χ4n) is 0.620. The molecule has 0 radical (unpaired) electrons. The summed E-state index contributed by atoms with van der Waals surface area (Å²) in [7, 11) is 8.61. The van der Waals surface area contributed by atoms with E-state index in [0.29, 0.717) is 0 Å². The van der Waals surface area contributed by atoms with Crippen molar-refractivity contribution in [3.05, 3.63) is 0 Å². The van der Waals surface area contributed by atoms with E-state index in [1.807, 2.05) is 38.0 Å². The van der Waals surface area contributed by atoms with Gasteiger partial charge in [-0.25, -0.2) is 4.79 Å². The molecule has 0 aliphatic heterocycles. The lowest BCUT2D eigenvalue weighted by Crippen LogP contribution is -2.33. The van der Waals surface area contributed by atoms with E-state index in [1.54, 1.807) is 5.23 Å². The van der Waals surface area contributed by atoms with Crippen molar-refractivity contribution < 1.29 is 4.79 Å². The van der Waals surface area contributed by atoms with Crippen LogP contribution in [-0.2, 0) is 4.79 Å². The highest BCUT2D eigenvalue weighted by molar-refractivity contribution is 7.96. The minimum atomic E-state index is 0.884. The summed E-state index contributed by atoms with van der Waals surface area (Å²) in [6.07, 6.45) is 0. The van der Waals surface area contributed by atoms with Crippen LogP contribution in [0.5, 0.6) is 0 Å². The lowest BCUT2D eigenvalue weighted by atomic mass is 10.8. The summed E-state index contributed by atoms with van der Waals surface area (Å²) in [5.41, 5.74) is 0. The molecule has 0 aliphatic rings. The topological polar surface area (TPSA) is 23.6 Å². The van der Waals surface area contributed by atoms with Crippen LogP contribution in [0, 0.1) is 0 Å². The van der Waals surface area contributed by atoms with Crippen LogP contribution in [0.15, 0.2) is 0 Å². The summed E-state index contributed by atoms with van der Waals surface area (Å²) in [5.74, 6) is 0. The van der Waals surface area contributed by atoms with Gasteiger partial charge in [0.1, 0.15) is 5.11 Å². The molecule has 0 bridgehead atoms. The second-order valence-corrected chi connectivity index (χ2v) is 2.99. The molecule has 0 unspecified atom stereocenters. The maximum absolute atomic E-state index is 9.99.